The van der Waals surface area contributed by atoms with Gasteiger partial charge in [-0.2, -0.15) is 0 Å². The molecule has 8 heteroatoms. The number of hydrogen-bond acceptors (Lipinski definition) is 6. The summed E-state index contributed by atoms with van der Waals surface area (Å²) in [4.78, 5) is 15.2. The average Bonchev–Trinajstić information content (AvgIpc) is 3.15. The van der Waals surface area contributed by atoms with Gasteiger partial charge < -0.3 is 19.4 Å². The Balaban J connectivity index is 1.38. The third-order valence-electron chi connectivity index (χ3n) is 5.85. The number of methoxy groups -OCH3 is 1. The van der Waals surface area contributed by atoms with Crippen LogP contribution in [-0.4, -0.2) is 52.4 Å². The van der Waals surface area contributed by atoms with Crippen LogP contribution in [0.15, 0.2) is 48.5 Å². The van der Waals surface area contributed by atoms with E-state index >= 15 is 0 Å². The normalized spacial score (nSPS) is 14.8. The van der Waals surface area contributed by atoms with E-state index in [4.69, 9.17) is 9.47 Å². The van der Waals surface area contributed by atoms with Crippen LogP contribution in [0.1, 0.15) is 47.5 Å². The predicted octanol–water partition coefficient (Wildman–Crippen LogP) is 3.23. The summed E-state index contributed by atoms with van der Waals surface area (Å²) in [5.41, 5.74) is 1.81. The topological polar surface area (TPSA) is 81.5 Å². The lowest BCUT2D eigenvalue weighted by Crippen LogP contribution is -2.30. The largest absolute Gasteiger partial charge is 0.497 e. The molecule has 174 valence electrons. The van der Waals surface area contributed by atoms with Crippen molar-refractivity contribution in [2.45, 2.75) is 39.4 Å². The Kier molecular flexibility index (Phi) is 7.24. The van der Waals surface area contributed by atoms with Crippen molar-refractivity contribution < 1.29 is 14.3 Å². The molecule has 2 heterocycles. The maximum Gasteiger partial charge on any atom is 0.251 e. The summed E-state index contributed by atoms with van der Waals surface area (Å²) in [6, 6.07) is 15.2. The number of aromatic nitrogens is 3. The van der Waals surface area contributed by atoms with E-state index in [1.165, 1.54) is 5.56 Å². The van der Waals surface area contributed by atoms with Gasteiger partial charge in [-0.15, -0.1) is 10.2 Å². The molecule has 0 fully saturated rings. The van der Waals surface area contributed by atoms with E-state index in [-0.39, 0.29) is 11.9 Å². The second-order valence-corrected chi connectivity index (χ2v) is 8.16. The zero-order chi connectivity index (χ0) is 23.2. The molecule has 0 unspecified atom stereocenters. The zero-order valence-electron chi connectivity index (χ0n) is 19.5. The van der Waals surface area contributed by atoms with Crippen LogP contribution in [0.5, 0.6) is 11.5 Å². The number of hydrogen-bond donors (Lipinski definition) is 1. The van der Waals surface area contributed by atoms with Crippen LogP contribution in [0, 0.1) is 0 Å². The van der Waals surface area contributed by atoms with Crippen molar-refractivity contribution in [3.8, 4) is 11.5 Å². The molecular weight excluding hydrogens is 418 g/mol. The third-order valence-corrected chi connectivity index (χ3v) is 5.85. The van der Waals surface area contributed by atoms with Gasteiger partial charge in [0.05, 0.1) is 19.8 Å². The molecule has 1 aromatic heterocycles. The van der Waals surface area contributed by atoms with E-state index in [1.54, 1.807) is 25.3 Å². The van der Waals surface area contributed by atoms with Gasteiger partial charge in [0.25, 0.3) is 5.91 Å². The van der Waals surface area contributed by atoms with E-state index in [9.17, 15) is 4.79 Å². The van der Waals surface area contributed by atoms with Gasteiger partial charge in [0.2, 0.25) is 0 Å². The van der Waals surface area contributed by atoms with Gasteiger partial charge in [0.1, 0.15) is 17.3 Å². The summed E-state index contributed by atoms with van der Waals surface area (Å²) in [5.74, 6) is 3.13. The number of carbonyl (C=O) groups is 1. The molecule has 1 aliphatic heterocycles. The molecule has 0 bridgehead atoms. The molecule has 0 radical (unpaired) electrons. The average molecular weight is 450 g/mol. The van der Waals surface area contributed by atoms with Crippen molar-refractivity contribution in [2.75, 3.05) is 26.8 Å². The number of ether oxygens (including phenoxy) is 2. The van der Waals surface area contributed by atoms with Crippen LogP contribution in [0.2, 0.25) is 0 Å². The SMILES string of the molecule is CCOc1ccc(CN2CCc3nnc([C@H](C)NC(=O)c4cccc(OC)c4)n3CC2)cc1. The maximum absolute atomic E-state index is 12.7. The highest BCUT2D eigenvalue weighted by Crippen LogP contribution is 2.19. The first-order valence-electron chi connectivity index (χ1n) is 11.4. The monoisotopic (exact) mass is 449 g/mol. The first-order chi connectivity index (χ1) is 16.1. The lowest BCUT2D eigenvalue weighted by Gasteiger charge is -2.20. The first kappa shape index (κ1) is 22.8. The van der Waals surface area contributed by atoms with Gasteiger partial charge in [0.15, 0.2) is 5.82 Å². The predicted molar refractivity (Wildman–Crippen MR) is 125 cm³/mol. The van der Waals surface area contributed by atoms with Crippen molar-refractivity contribution in [1.82, 2.24) is 25.0 Å². The quantitative estimate of drug-likeness (QED) is 0.569. The van der Waals surface area contributed by atoms with Crippen LogP contribution >= 0.6 is 0 Å². The fourth-order valence-corrected chi connectivity index (χ4v) is 4.09. The van der Waals surface area contributed by atoms with Crippen LogP contribution in [0.25, 0.3) is 0 Å². The standard InChI is InChI=1S/C25H31N5O3/c1-4-33-21-10-8-19(9-11-21)17-29-13-12-23-27-28-24(30(23)15-14-29)18(2)26-25(31)20-6-5-7-22(16-20)32-3/h5-11,16,18H,4,12-15,17H2,1-3H3,(H,26,31)/t18-/m0/s1. The van der Waals surface area contributed by atoms with Gasteiger partial charge in [-0.1, -0.05) is 18.2 Å². The number of benzene rings is 2. The Morgan fingerprint density at radius 3 is 2.67 bits per heavy atom. The van der Waals surface area contributed by atoms with E-state index < -0.39 is 0 Å². The summed E-state index contributed by atoms with van der Waals surface area (Å²) in [6.45, 7) is 8.07. The molecule has 1 aliphatic rings. The van der Waals surface area contributed by atoms with Crippen molar-refractivity contribution in [3.05, 3.63) is 71.3 Å². The molecule has 0 saturated heterocycles. The Morgan fingerprint density at radius 1 is 1.09 bits per heavy atom. The fourth-order valence-electron chi connectivity index (χ4n) is 4.09. The number of amides is 1. The zero-order valence-corrected chi connectivity index (χ0v) is 19.5. The second kappa shape index (κ2) is 10.5. The summed E-state index contributed by atoms with van der Waals surface area (Å²) >= 11 is 0. The molecule has 0 spiro atoms. The molecule has 3 aromatic rings. The minimum Gasteiger partial charge on any atom is -0.497 e. The van der Waals surface area contributed by atoms with Gasteiger partial charge >= 0.3 is 0 Å². The lowest BCUT2D eigenvalue weighted by atomic mass is 10.2. The van der Waals surface area contributed by atoms with E-state index in [0.29, 0.717) is 17.9 Å². The summed E-state index contributed by atoms with van der Waals surface area (Å²) < 4.78 is 12.9. The third kappa shape index (κ3) is 5.51. The number of nitrogens with one attached hydrogen (secondary N) is 1. The van der Waals surface area contributed by atoms with Crippen molar-refractivity contribution in [3.63, 3.8) is 0 Å². The van der Waals surface area contributed by atoms with Crippen LogP contribution in [0.4, 0.5) is 0 Å². The first-order valence-corrected chi connectivity index (χ1v) is 11.4. The second-order valence-electron chi connectivity index (χ2n) is 8.16. The van der Waals surface area contributed by atoms with Gasteiger partial charge in [0, 0.05) is 38.2 Å². The Labute approximate surface area is 194 Å². The Hall–Kier alpha value is -3.39. The number of carbonyl (C=O) groups excluding carboxylic acids is 1. The van der Waals surface area contributed by atoms with Gasteiger partial charge in [-0.25, -0.2) is 0 Å². The minimum atomic E-state index is -0.261. The summed E-state index contributed by atoms with van der Waals surface area (Å²) in [7, 11) is 1.59. The van der Waals surface area contributed by atoms with E-state index in [2.05, 4.69) is 37.1 Å². The molecule has 4 rings (SSSR count). The molecule has 33 heavy (non-hydrogen) atoms. The Morgan fingerprint density at radius 2 is 1.91 bits per heavy atom. The van der Waals surface area contributed by atoms with Crippen molar-refractivity contribution in [2.24, 2.45) is 0 Å². The number of nitrogens with zero attached hydrogens (tertiary/aromatic N) is 4. The van der Waals surface area contributed by atoms with E-state index in [0.717, 1.165) is 50.0 Å². The highest BCUT2D eigenvalue weighted by molar-refractivity contribution is 5.94. The number of rotatable bonds is 8. The summed E-state index contributed by atoms with van der Waals surface area (Å²) in [6.07, 6.45) is 0.820. The maximum atomic E-state index is 12.7. The minimum absolute atomic E-state index is 0.163. The van der Waals surface area contributed by atoms with Gasteiger partial charge in [-0.3, -0.25) is 9.69 Å². The van der Waals surface area contributed by atoms with Crippen molar-refractivity contribution in [1.29, 1.82) is 0 Å². The molecule has 8 nitrogen and oxygen atoms in total. The molecule has 1 amide bonds. The van der Waals surface area contributed by atoms with Crippen LogP contribution < -0.4 is 14.8 Å². The molecule has 1 atom stereocenters. The van der Waals surface area contributed by atoms with Crippen LogP contribution in [-0.2, 0) is 19.5 Å². The molecule has 2 aromatic carbocycles. The highest BCUT2D eigenvalue weighted by atomic mass is 16.5. The fraction of sp³-hybridized carbons (Fsp3) is 0.400. The smallest absolute Gasteiger partial charge is 0.251 e. The number of fused-ring (bicyclic) bond motifs is 1. The van der Waals surface area contributed by atoms with E-state index in [1.807, 2.05) is 32.0 Å². The summed E-state index contributed by atoms with van der Waals surface area (Å²) in [5, 5.41) is 11.9. The molecule has 1 N–H and O–H groups in total. The lowest BCUT2D eigenvalue weighted by molar-refractivity contribution is 0.0937. The Bertz CT molecular complexity index is 1080. The highest BCUT2D eigenvalue weighted by Gasteiger charge is 2.23. The van der Waals surface area contributed by atoms with Gasteiger partial charge in [-0.05, 0) is 49.7 Å². The molecular formula is C25H31N5O3. The molecule has 0 saturated carbocycles. The molecule has 0 aliphatic carbocycles. The van der Waals surface area contributed by atoms with Crippen molar-refractivity contribution >= 4 is 5.91 Å². The van der Waals surface area contributed by atoms with Crippen LogP contribution in [0.3, 0.4) is 0 Å².